The summed E-state index contributed by atoms with van der Waals surface area (Å²) in [6.07, 6.45) is 2.93. The average molecular weight is 662 g/mol. The zero-order valence-electron chi connectivity index (χ0n) is 24.7. The van der Waals surface area contributed by atoms with Gasteiger partial charge in [-0.3, -0.25) is 14.6 Å². The van der Waals surface area contributed by atoms with E-state index >= 15 is 8.78 Å². The van der Waals surface area contributed by atoms with Gasteiger partial charge in [0, 0.05) is 68.7 Å². The van der Waals surface area contributed by atoms with E-state index in [1.54, 1.807) is 29.0 Å². The van der Waals surface area contributed by atoms with Crippen LogP contribution in [0.3, 0.4) is 0 Å². The Kier molecular flexibility index (Phi) is 9.97. The van der Waals surface area contributed by atoms with Crippen molar-refractivity contribution in [3.8, 4) is 0 Å². The predicted octanol–water partition coefficient (Wildman–Crippen LogP) is 3.25. The molecule has 0 saturated carbocycles. The number of amides is 2. The number of halogens is 3. The van der Waals surface area contributed by atoms with Gasteiger partial charge >= 0.3 is 0 Å². The van der Waals surface area contributed by atoms with Crippen LogP contribution in [0.25, 0.3) is 0 Å². The van der Waals surface area contributed by atoms with Gasteiger partial charge < -0.3 is 20.4 Å². The minimum absolute atomic E-state index is 0.0163. The van der Waals surface area contributed by atoms with Gasteiger partial charge in [-0.1, -0.05) is 11.6 Å². The van der Waals surface area contributed by atoms with E-state index in [2.05, 4.69) is 20.6 Å². The Morgan fingerprint density at radius 3 is 2.36 bits per heavy atom. The molecule has 240 valence electrons. The van der Waals surface area contributed by atoms with E-state index < -0.39 is 33.0 Å². The number of nitrogens with one attached hydrogen (secondary N) is 2. The van der Waals surface area contributed by atoms with Crippen LogP contribution in [0, 0.1) is 0 Å². The molecule has 2 aliphatic heterocycles. The Balaban J connectivity index is 1.24. The molecule has 5 rings (SSSR count). The molecule has 2 aliphatic rings. The first-order valence-electron chi connectivity index (χ1n) is 14.6. The summed E-state index contributed by atoms with van der Waals surface area (Å²) in [5, 5.41) is 5.53. The number of rotatable bonds is 11. The standard InChI is InChI=1S/C30H34ClF2N7O4S/c1-34-11-3-12-35-29(42)25-10-5-21(20-36-25)30(32,33)22-18-26(31)37-27(19-22)38-14-16-39(17-15-38)45(43,44)24-8-6-23(7-9-24)40-13-2-4-28(40)41/h5-10,18-20,34H,2-4,11-17H2,1H3,(H,35,42). The smallest absolute Gasteiger partial charge is 0.300 e. The van der Waals surface area contributed by atoms with E-state index in [9.17, 15) is 18.0 Å². The molecule has 0 spiro atoms. The minimum Gasteiger partial charge on any atom is -0.354 e. The third-order valence-corrected chi connectivity index (χ3v) is 9.92. The Labute approximate surface area is 265 Å². The second-order valence-electron chi connectivity index (χ2n) is 10.8. The van der Waals surface area contributed by atoms with Crippen molar-refractivity contribution in [2.24, 2.45) is 0 Å². The van der Waals surface area contributed by atoms with Gasteiger partial charge in [0.15, 0.2) is 0 Å². The zero-order chi connectivity index (χ0) is 32.2. The number of hydrogen-bond donors (Lipinski definition) is 2. The third kappa shape index (κ3) is 7.24. The topological polar surface area (TPSA) is 128 Å². The molecule has 2 N–H and O–H groups in total. The van der Waals surface area contributed by atoms with Crippen LogP contribution in [0.4, 0.5) is 20.3 Å². The third-order valence-electron chi connectivity index (χ3n) is 7.81. The van der Waals surface area contributed by atoms with Gasteiger partial charge in [-0.15, -0.1) is 0 Å². The van der Waals surface area contributed by atoms with Gasteiger partial charge in [0.2, 0.25) is 15.9 Å². The molecule has 0 radical (unpaired) electrons. The molecule has 0 bridgehead atoms. The summed E-state index contributed by atoms with van der Waals surface area (Å²) >= 11 is 6.18. The number of carbonyl (C=O) groups is 2. The van der Waals surface area contributed by atoms with E-state index in [0.717, 1.165) is 31.3 Å². The van der Waals surface area contributed by atoms with E-state index in [4.69, 9.17) is 11.6 Å². The summed E-state index contributed by atoms with van der Waals surface area (Å²) < 4.78 is 59.2. The number of benzene rings is 1. The summed E-state index contributed by atoms with van der Waals surface area (Å²) in [7, 11) is -2.01. The molecular weight excluding hydrogens is 628 g/mol. The van der Waals surface area contributed by atoms with Crippen molar-refractivity contribution >= 4 is 44.9 Å². The lowest BCUT2D eigenvalue weighted by Gasteiger charge is -2.35. The maximum atomic E-state index is 15.6. The Morgan fingerprint density at radius 1 is 1.00 bits per heavy atom. The SMILES string of the molecule is CNCCCNC(=O)c1ccc(C(F)(F)c2cc(Cl)nc(N3CCN(S(=O)(=O)c4ccc(N5CCCC5=O)cc4)CC3)c2)cn1. The quantitative estimate of drug-likeness (QED) is 0.237. The normalized spacial score (nSPS) is 16.3. The molecule has 2 amide bonds. The lowest BCUT2D eigenvalue weighted by Crippen LogP contribution is -2.49. The highest BCUT2D eigenvalue weighted by atomic mass is 35.5. The van der Waals surface area contributed by atoms with Gasteiger partial charge in [0.05, 0.1) is 4.90 Å². The number of sulfonamides is 1. The van der Waals surface area contributed by atoms with Crippen LogP contribution < -0.4 is 20.4 Å². The van der Waals surface area contributed by atoms with Crippen molar-refractivity contribution in [2.75, 3.05) is 62.7 Å². The van der Waals surface area contributed by atoms with Crippen LogP contribution in [0.5, 0.6) is 0 Å². The van der Waals surface area contributed by atoms with Crippen LogP contribution in [0.15, 0.2) is 59.6 Å². The maximum Gasteiger partial charge on any atom is 0.300 e. The second kappa shape index (κ2) is 13.7. The van der Waals surface area contributed by atoms with Crippen LogP contribution in [0.2, 0.25) is 5.15 Å². The number of piperazine rings is 1. The van der Waals surface area contributed by atoms with Crippen molar-refractivity contribution in [1.29, 1.82) is 0 Å². The fraction of sp³-hybridized carbons (Fsp3) is 0.400. The Hall–Kier alpha value is -3.72. The highest BCUT2D eigenvalue weighted by molar-refractivity contribution is 7.89. The molecule has 2 aromatic heterocycles. The van der Waals surface area contributed by atoms with E-state index in [1.165, 1.54) is 28.6 Å². The summed E-state index contributed by atoms with van der Waals surface area (Å²) in [5.74, 6) is -3.73. The zero-order valence-corrected chi connectivity index (χ0v) is 26.3. The highest BCUT2D eigenvalue weighted by Crippen LogP contribution is 2.38. The number of aromatic nitrogens is 2. The van der Waals surface area contributed by atoms with Crippen LogP contribution in [0.1, 0.15) is 40.9 Å². The average Bonchev–Trinajstić information content (AvgIpc) is 3.48. The van der Waals surface area contributed by atoms with Gasteiger partial charge in [-0.2, -0.15) is 13.1 Å². The monoisotopic (exact) mass is 661 g/mol. The van der Waals surface area contributed by atoms with Gasteiger partial charge in [-0.25, -0.2) is 13.4 Å². The van der Waals surface area contributed by atoms with Gasteiger partial charge in [-0.05, 0) is 75.0 Å². The maximum absolute atomic E-state index is 15.6. The predicted molar refractivity (Wildman–Crippen MR) is 166 cm³/mol. The van der Waals surface area contributed by atoms with Crippen molar-refractivity contribution in [1.82, 2.24) is 24.9 Å². The largest absolute Gasteiger partial charge is 0.354 e. The molecular formula is C30H34ClF2N7O4S. The molecule has 4 heterocycles. The van der Waals surface area contributed by atoms with Crippen LogP contribution in [-0.4, -0.2) is 87.4 Å². The summed E-state index contributed by atoms with van der Waals surface area (Å²) in [6.45, 7) is 2.39. The number of hydrogen-bond acceptors (Lipinski definition) is 8. The number of anilines is 2. The molecule has 1 aromatic carbocycles. The molecule has 0 aliphatic carbocycles. The van der Waals surface area contributed by atoms with Crippen molar-refractivity contribution in [2.45, 2.75) is 30.1 Å². The summed E-state index contributed by atoms with van der Waals surface area (Å²) in [4.78, 5) is 35.9. The Morgan fingerprint density at radius 2 is 1.73 bits per heavy atom. The molecule has 11 nitrogen and oxygen atoms in total. The minimum atomic E-state index is -3.82. The lowest BCUT2D eigenvalue weighted by molar-refractivity contribution is -0.117. The van der Waals surface area contributed by atoms with Crippen LogP contribution in [-0.2, 0) is 20.7 Å². The lowest BCUT2D eigenvalue weighted by atomic mass is 10.0. The summed E-state index contributed by atoms with van der Waals surface area (Å²) in [5.41, 5.74) is -0.138. The highest BCUT2D eigenvalue weighted by Gasteiger charge is 2.37. The molecule has 0 atom stereocenters. The fourth-order valence-corrected chi connectivity index (χ4v) is 6.92. The van der Waals surface area contributed by atoms with Gasteiger partial charge in [0.1, 0.15) is 16.7 Å². The summed E-state index contributed by atoms with van der Waals surface area (Å²) in [6, 6.07) is 11.0. The molecule has 2 saturated heterocycles. The van der Waals surface area contributed by atoms with Gasteiger partial charge in [0.25, 0.3) is 11.8 Å². The Bertz CT molecular complexity index is 1630. The number of carbonyl (C=O) groups excluding carboxylic acids is 2. The fourth-order valence-electron chi connectivity index (χ4n) is 5.29. The number of pyridine rings is 2. The van der Waals surface area contributed by atoms with E-state index in [0.29, 0.717) is 31.6 Å². The molecule has 15 heteroatoms. The second-order valence-corrected chi connectivity index (χ2v) is 13.1. The van der Waals surface area contributed by atoms with Crippen molar-refractivity contribution in [3.05, 3.63) is 76.7 Å². The first-order valence-corrected chi connectivity index (χ1v) is 16.4. The molecule has 45 heavy (non-hydrogen) atoms. The van der Waals surface area contributed by atoms with E-state index in [-0.39, 0.29) is 53.6 Å². The molecule has 2 fully saturated rings. The van der Waals surface area contributed by atoms with Crippen molar-refractivity contribution in [3.63, 3.8) is 0 Å². The molecule has 0 unspecified atom stereocenters. The number of alkyl halides is 2. The van der Waals surface area contributed by atoms with Crippen molar-refractivity contribution < 1.29 is 26.8 Å². The van der Waals surface area contributed by atoms with Crippen LogP contribution >= 0.6 is 11.6 Å². The number of nitrogens with zero attached hydrogens (tertiary/aromatic N) is 5. The first kappa shape index (κ1) is 32.7. The molecule has 3 aromatic rings. The first-order chi connectivity index (χ1) is 21.5. The van der Waals surface area contributed by atoms with E-state index in [1.807, 2.05) is 0 Å².